The number of rotatable bonds is 6. The van der Waals surface area contributed by atoms with Crippen molar-refractivity contribution in [1.82, 2.24) is 0 Å². The number of anilines is 1. The van der Waals surface area contributed by atoms with Gasteiger partial charge in [-0.25, -0.2) is 9.18 Å². The summed E-state index contributed by atoms with van der Waals surface area (Å²) in [4.78, 5) is 24.0. The van der Waals surface area contributed by atoms with Crippen molar-refractivity contribution in [3.05, 3.63) is 59.4 Å². The smallest absolute Gasteiger partial charge is 0.340 e. The average molecular weight is 331 g/mol. The van der Waals surface area contributed by atoms with Gasteiger partial charge in [0.25, 0.3) is 0 Å². The molecular weight excluding hydrogens is 313 g/mol. The van der Waals surface area contributed by atoms with Gasteiger partial charge in [-0.1, -0.05) is 18.2 Å². The van der Waals surface area contributed by atoms with Gasteiger partial charge in [-0.05, 0) is 36.8 Å². The van der Waals surface area contributed by atoms with E-state index in [2.05, 4.69) is 5.32 Å². The van der Waals surface area contributed by atoms with Crippen LogP contribution < -0.4 is 10.1 Å². The molecule has 1 N–H and O–H groups in total. The molecule has 126 valence electrons. The highest BCUT2D eigenvalue weighted by atomic mass is 19.1. The van der Waals surface area contributed by atoms with Crippen LogP contribution in [0.1, 0.15) is 22.8 Å². The fraction of sp³-hybridized carbons (Fsp3) is 0.222. The van der Waals surface area contributed by atoms with Gasteiger partial charge in [-0.2, -0.15) is 0 Å². The molecule has 0 unspecified atom stereocenters. The first-order valence-corrected chi connectivity index (χ1v) is 7.43. The molecule has 2 rings (SSSR count). The number of benzene rings is 2. The van der Waals surface area contributed by atoms with E-state index in [1.165, 1.54) is 19.2 Å². The van der Waals surface area contributed by atoms with Crippen LogP contribution in [-0.2, 0) is 16.0 Å². The molecule has 2 aromatic rings. The van der Waals surface area contributed by atoms with E-state index in [0.29, 0.717) is 11.3 Å². The Balaban J connectivity index is 2.10. The zero-order chi connectivity index (χ0) is 17.5. The summed E-state index contributed by atoms with van der Waals surface area (Å²) >= 11 is 0. The van der Waals surface area contributed by atoms with Crippen LogP contribution in [0.25, 0.3) is 0 Å². The first-order chi connectivity index (χ1) is 11.5. The van der Waals surface area contributed by atoms with Crippen LogP contribution in [-0.4, -0.2) is 25.6 Å². The molecule has 0 aliphatic rings. The Morgan fingerprint density at radius 3 is 2.58 bits per heavy atom. The topological polar surface area (TPSA) is 64.6 Å². The van der Waals surface area contributed by atoms with E-state index in [4.69, 9.17) is 9.47 Å². The zero-order valence-corrected chi connectivity index (χ0v) is 13.5. The minimum Gasteiger partial charge on any atom is -0.494 e. The molecule has 24 heavy (non-hydrogen) atoms. The Morgan fingerprint density at radius 1 is 1.17 bits per heavy atom. The van der Waals surface area contributed by atoms with E-state index in [9.17, 15) is 14.0 Å². The standard InChI is InChI=1S/C18H18FNO4/c1-3-24-18(22)13-6-4-5-7-15(13)20-17(21)11-12-8-9-16(23-2)14(19)10-12/h4-10H,3,11H2,1-2H3,(H,20,21). The summed E-state index contributed by atoms with van der Waals surface area (Å²) in [5, 5.41) is 2.65. The van der Waals surface area contributed by atoms with Gasteiger partial charge in [0.15, 0.2) is 11.6 Å². The predicted molar refractivity (Wildman–Crippen MR) is 87.7 cm³/mol. The van der Waals surface area contributed by atoms with E-state index in [1.807, 2.05) is 0 Å². The Hall–Kier alpha value is -2.89. The number of halogens is 1. The Kier molecular flexibility index (Phi) is 5.89. The molecule has 2 aromatic carbocycles. The van der Waals surface area contributed by atoms with Crippen molar-refractivity contribution < 1.29 is 23.5 Å². The summed E-state index contributed by atoms with van der Waals surface area (Å²) in [6.45, 7) is 1.95. The molecule has 0 aliphatic carbocycles. The van der Waals surface area contributed by atoms with E-state index >= 15 is 0 Å². The molecule has 0 radical (unpaired) electrons. The third kappa shape index (κ3) is 4.32. The van der Waals surface area contributed by atoms with E-state index in [0.717, 1.165) is 0 Å². The average Bonchev–Trinajstić information content (AvgIpc) is 2.55. The lowest BCUT2D eigenvalue weighted by atomic mass is 10.1. The third-order valence-corrected chi connectivity index (χ3v) is 3.28. The fourth-order valence-corrected chi connectivity index (χ4v) is 2.18. The van der Waals surface area contributed by atoms with E-state index < -0.39 is 11.8 Å². The van der Waals surface area contributed by atoms with E-state index in [-0.39, 0.29) is 30.2 Å². The molecule has 0 aromatic heterocycles. The van der Waals surface area contributed by atoms with Crippen LogP contribution in [0.5, 0.6) is 5.75 Å². The minimum atomic E-state index is -0.533. The number of nitrogens with one attached hydrogen (secondary N) is 1. The fourth-order valence-electron chi connectivity index (χ4n) is 2.18. The summed E-state index contributed by atoms with van der Waals surface area (Å²) in [6, 6.07) is 10.9. The monoisotopic (exact) mass is 331 g/mol. The molecule has 0 saturated heterocycles. The quantitative estimate of drug-likeness (QED) is 0.826. The van der Waals surface area contributed by atoms with Crippen LogP contribution >= 0.6 is 0 Å². The lowest BCUT2D eigenvalue weighted by Gasteiger charge is -2.10. The molecule has 1 amide bonds. The minimum absolute atomic E-state index is 0.0297. The number of ether oxygens (including phenoxy) is 2. The highest BCUT2D eigenvalue weighted by Crippen LogP contribution is 2.19. The van der Waals surface area contributed by atoms with Crippen LogP contribution in [0.15, 0.2) is 42.5 Å². The van der Waals surface area contributed by atoms with E-state index in [1.54, 1.807) is 37.3 Å². The second kappa shape index (κ2) is 8.10. The molecule has 0 heterocycles. The van der Waals surface area contributed by atoms with Gasteiger partial charge in [0.1, 0.15) is 0 Å². The number of methoxy groups -OCH3 is 1. The second-order valence-electron chi connectivity index (χ2n) is 4.96. The van der Waals surface area contributed by atoms with Crippen molar-refractivity contribution in [2.75, 3.05) is 19.0 Å². The van der Waals surface area contributed by atoms with Crippen molar-refractivity contribution in [2.24, 2.45) is 0 Å². The number of esters is 1. The lowest BCUT2D eigenvalue weighted by molar-refractivity contribution is -0.115. The SMILES string of the molecule is CCOC(=O)c1ccccc1NC(=O)Cc1ccc(OC)c(F)c1. The zero-order valence-electron chi connectivity index (χ0n) is 13.5. The number of para-hydroxylation sites is 1. The summed E-state index contributed by atoms with van der Waals surface area (Å²) in [7, 11) is 1.37. The number of carbonyl (C=O) groups is 2. The first-order valence-electron chi connectivity index (χ1n) is 7.43. The summed E-state index contributed by atoms with van der Waals surface area (Å²) < 4.78 is 23.5. The highest BCUT2D eigenvalue weighted by Gasteiger charge is 2.14. The summed E-state index contributed by atoms with van der Waals surface area (Å²) in [6.07, 6.45) is -0.0297. The predicted octanol–water partition coefficient (Wildman–Crippen LogP) is 3.19. The molecular formula is C18H18FNO4. The van der Waals surface area contributed by atoms with Crippen molar-refractivity contribution in [3.8, 4) is 5.75 Å². The van der Waals surface area contributed by atoms with Gasteiger partial charge in [0, 0.05) is 0 Å². The third-order valence-electron chi connectivity index (χ3n) is 3.28. The molecule has 0 aliphatic heterocycles. The van der Waals surface area contributed by atoms with Gasteiger partial charge in [-0.15, -0.1) is 0 Å². The molecule has 0 bridgehead atoms. The Labute approximate surface area is 139 Å². The maximum Gasteiger partial charge on any atom is 0.340 e. The number of amides is 1. The molecule has 6 heteroatoms. The molecule has 0 saturated carbocycles. The van der Waals surface area contributed by atoms with Crippen LogP contribution in [0, 0.1) is 5.82 Å². The number of carbonyl (C=O) groups excluding carboxylic acids is 2. The Bertz CT molecular complexity index is 746. The van der Waals surface area contributed by atoms with Crippen molar-refractivity contribution in [3.63, 3.8) is 0 Å². The lowest BCUT2D eigenvalue weighted by Crippen LogP contribution is -2.17. The van der Waals surface area contributed by atoms with Gasteiger partial charge >= 0.3 is 5.97 Å². The summed E-state index contributed by atoms with van der Waals surface area (Å²) in [5.41, 5.74) is 1.13. The Morgan fingerprint density at radius 2 is 1.92 bits per heavy atom. The molecule has 5 nitrogen and oxygen atoms in total. The van der Waals surface area contributed by atoms with Crippen molar-refractivity contribution >= 4 is 17.6 Å². The van der Waals surface area contributed by atoms with Gasteiger partial charge in [-0.3, -0.25) is 4.79 Å². The molecule has 0 fully saturated rings. The highest BCUT2D eigenvalue weighted by molar-refractivity contribution is 6.01. The summed E-state index contributed by atoms with van der Waals surface area (Å²) in [5.74, 6) is -1.29. The van der Waals surface area contributed by atoms with Gasteiger partial charge in [0.05, 0.1) is 31.4 Å². The first kappa shape index (κ1) is 17.5. The number of hydrogen-bond acceptors (Lipinski definition) is 4. The number of hydrogen-bond donors (Lipinski definition) is 1. The second-order valence-corrected chi connectivity index (χ2v) is 4.96. The van der Waals surface area contributed by atoms with Crippen molar-refractivity contribution in [1.29, 1.82) is 0 Å². The normalized spacial score (nSPS) is 10.1. The maximum atomic E-state index is 13.7. The van der Waals surface area contributed by atoms with Gasteiger partial charge < -0.3 is 14.8 Å². The molecule has 0 spiro atoms. The van der Waals surface area contributed by atoms with Crippen LogP contribution in [0.4, 0.5) is 10.1 Å². The van der Waals surface area contributed by atoms with Gasteiger partial charge in [0.2, 0.25) is 5.91 Å². The van der Waals surface area contributed by atoms with Crippen LogP contribution in [0.2, 0.25) is 0 Å². The largest absolute Gasteiger partial charge is 0.494 e. The molecule has 0 atom stereocenters. The maximum absolute atomic E-state index is 13.7. The van der Waals surface area contributed by atoms with Crippen molar-refractivity contribution in [2.45, 2.75) is 13.3 Å². The van der Waals surface area contributed by atoms with Crippen LogP contribution in [0.3, 0.4) is 0 Å².